The summed E-state index contributed by atoms with van der Waals surface area (Å²) in [6.45, 7) is 4.72. The van der Waals surface area contributed by atoms with Gasteiger partial charge in [-0.1, -0.05) is 30.3 Å². The zero-order valence-electron chi connectivity index (χ0n) is 9.41. The molecule has 3 N–H and O–H groups in total. The SMILES string of the molecule is C=CCCNC(=O)Cc1ccccc1CN. The van der Waals surface area contributed by atoms with Crippen molar-refractivity contribution in [2.45, 2.75) is 19.4 Å². The second-order valence-electron chi connectivity index (χ2n) is 3.58. The van der Waals surface area contributed by atoms with E-state index in [4.69, 9.17) is 5.73 Å². The lowest BCUT2D eigenvalue weighted by atomic mass is 10.0. The lowest BCUT2D eigenvalue weighted by Crippen LogP contribution is -2.26. The Balaban J connectivity index is 2.52. The average Bonchev–Trinajstić information content (AvgIpc) is 2.30. The number of hydrogen-bond acceptors (Lipinski definition) is 2. The van der Waals surface area contributed by atoms with E-state index in [1.165, 1.54) is 0 Å². The van der Waals surface area contributed by atoms with E-state index in [1.807, 2.05) is 24.3 Å². The highest BCUT2D eigenvalue weighted by molar-refractivity contribution is 5.78. The Kier molecular flexibility index (Phi) is 5.29. The molecular formula is C13H18N2O. The van der Waals surface area contributed by atoms with E-state index in [0.717, 1.165) is 17.5 Å². The number of hydrogen-bond donors (Lipinski definition) is 2. The highest BCUT2D eigenvalue weighted by atomic mass is 16.1. The van der Waals surface area contributed by atoms with E-state index >= 15 is 0 Å². The number of rotatable bonds is 6. The largest absolute Gasteiger partial charge is 0.356 e. The Morgan fingerprint density at radius 2 is 2.06 bits per heavy atom. The fourth-order valence-electron chi connectivity index (χ4n) is 1.48. The van der Waals surface area contributed by atoms with E-state index in [2.05, 4.69) is 11.9 Å². The molecule has 0 aliphatic heterocycles. The fourth-order valence-corrected chi connectivity index (χ4v) is 1.48. The number of amides is 1. The number of nitrogens with one attached hydrogen (secondary N) is 1. The van der Waals surface area contributed by atoms with Gasteiger partial charge >= 0.3 is 0 Å². The van der Waals surface area contributed by atoms with Crippen LogP contribution in [-0.4, -0.2) is 12.5 Å². The molecule has 1 rings (SSSR count). The number of carbonyl (C=O) groups is 1. The molecule has 0 spiro atoms. The van der Waals surface area contributed by atoms with Crippen molar-refractivity contribution in [2.75, 3.05) is 6.54 Å². The number of nitrogens with two attached hydrogens (primary N) is 1. The molecule has 86 valence electrons. The Hall–Kier alpha value is -1.61. The normalized spacial score (nSPS) is 9.81. The summed E-state index contributed by atoms with van der Waals surface area (Å²) in [6, 6.07) is 7.74. The van der Waals surface area contributed by atoms with Gasteiger partial charge in [-0.2, -0.15) is 0 Å². The quantitative estimate of drug-likeness (QED) is 0.560. The van der Waals surface area contributed by atoms with Gasteiger partial charge in [0.05, 0.1) is 6.42 Å². The van der Waals surface area contributed by atoms with Crippen LogP contribution in [-0.2, 0) is 17.8 Å². The Morgan fingerprint density at radius 3 is 2.69 bits per heavy atom. The zero-order chi connectivity index (χ0) is 11.8. The molecule has 0 saturated carbocycles. The molecule has 0 heterocycles. The van der Waals surface area contributed by atoms with Crippen LogP contribution in [0.25, 0.3) is 0 Å². The molecule has 16 heavy (non-hydrogen) atoms. The molecule has 0 saturated heterocycles. The Labute approximate surface area is 96.3 Å². The second kappa shape index (κ2) is 6.80. The lowest BCUT2D eigenvalue weighted by Gasteiger charge is -2.07. The maximum Gasteiger partial charge on any atom is 0.224 e. The van der Waals surface area contributed by atoms with Crippen molar-refractivity contribution in [1.82, 2.24) is 5.32 Å². The van der Waals surface area contributed by atoms with Crippen molar-refractivity contribution < 1.29 is 4.79 Å². The van der Waals surface area contributed by atoms with Gasteiger partial charge in [0.1, 0.15) is 0 Å². The highest BCUT2D eigenvalue weighted by Gasteiger charge is 2.05. The first-order chi connectivity index (χ1) is 7.77. The smallest absolute Gasteiger partial charge is 0.224 e. The van der Waals surface area contributed by atoms with Gasteiger partial charge in [0.15, 0.2) is 0 Å². The lowest BCUT2D eigenvalue weighted by molar-refractivity contribution is -0.120. The molecule has 0 atom stereocenters. The monoisotopic (exact) mass is 218 g/mol. The first-order valence-electron chi connectivity index (χ1n) is 5.42. The summed E-state index contributed by atoms with van der Waals surface area (Å²) in [6.07, 6.45) is 2.98. The summed E-state index contributed by atoms with van der Waals surface area (Å²) >= 11 is 0. The molecule has 0 fully saturated rings. The van der Waals surface area contributed by atoms with Crippen molar-refractivity contribution in [3.63, 3.8) is 0 Å². The van der Waals surface area contributed by atoms with E-state index in [9.17, 15) is 4.79 Å². The van der Waals surface area contributed by atoms with Crippen LogP contribution in [0.3, 0.4) is 0 Å². The molecule has 0 radical (unpaired) electrons. The Bertz CT molecular complexity index is 361. The average molecular weight is 218 g/mol. The van der Waals surface area contributed by atoms with Crippen LogP contribution in [0, 0.1) is 0 Å². The van der Waals surface area contributed by atoms with Gasteiger partial charge in [-0.15, -0.1) is 6.58 Å². The van der Waals surface area contributed by atoms with E-state index in [-0.39, 0.29) is 5.91 Å². The third kappa shape index (κ3) is 3.87. The highest BCUT2D eigenvalue weighted by Crippen LogP contribution is 2.08. The molecule has 1 aromatic rings. The van der Waals surface area contributed by atoms with Crippen LogP contribution in [0.1, 0.15) is 17.5 Å². The molecule has 3 heteroatoms. The molecule has 1 aromatic carbocycles. The van der Waals surface area contributed by atoms with Crippen molar-refractivity contribution in [3.05, 3.63) is 48.0 Å². The van der Waals surface area contributed by atoms with Gasteiger partial charge in [-0.3, -0.25) is 4.79 Å². The molecule has 1 amide bonds. The van der Waals surface area contributed by atoms with E-state index in [1.54, 1.807) is 6.08 Å². The van der Waals surface area contributed by atoms with Gasteiger partial charge in [-0.05, 0) is 17.5 Å². The number of benzene rings is 1. The van der Waals surface area contributed by atoms with Gasteiger partial charge in [0.2, 0.25) is 5.91 Å². The summed E-state index contributed by atoms with van der Waals surface area (Å²) in [4.78, 5) is 11.6. The zero-order valence-corrected chi connectivity index (χ0v) is 9.41. The van der Waals surface area contributed by atoms with Crippen molar-refractivity contribution >= 4 is 5.91 Å². The first-order valence-corrected chi connectivity index (χ1v) is 5.42. The van der Waals surface area contributed by atoms with Crippen LogP contribution >= 0.6 is 0 Å². The topological polar surface area (TPSA) is 55.1 Å². The molecule has 3 nitrogen and oxygen atoms in total. The van der Waals surface area contributed by atoms with Gasteiger partial charge in [0, 0.05) is 13.1 Å². The summed E-state index contributed by atoms with van der Waals surface area (Å²) in [7, 11) is 0. The number of carbonyl (C=O) groups excluding carboxylic acids is 1. The van der Waals surface area contributed by atoms with Crippen LogP contribution in [0.4, 0.5) is 0 Å². The predicted molar refractivity (Wildman–Crippen MR) is 65.9 cm³/mol. The first kappa shape index (κ1) is 12.5. The van der Waals surface area contributed by atoms with Gasteiger partial charge in [0.25, 0.3) is 0 Å². The standard InChI is InChI=1S/C13H18N2O/c1-2-3-8-15-13(16)9-11-6-4-5-7-12(11)10-14/h2,4-7H,1,3,8-10,14H2,(H,15,16). The molecular weight excluding hydrogens is 200 g/mol. The molecule has 0 bridgehead atoms. The van der Waals surface area contributed by atoms with Gasteiger partial charge < -0.3 is 11.1 Å². The molecule has 0 aromatic heterocycles. The molecule has 0 unspecified atom stereocenters. The maximum atomic E-state index is 11.6. The third-order valence-corrected chi connectivity index (χ3v) is 2.36. The summed E-state index contributed by atoms with van der Waals surface area (Å²) in [5.41, 5.74) is 7.63. The van der Waals surface area contributed by atoms with Crippen LogP contribution < -0.4 is 11.1 Å². The minimum absolute atomic E-state index is 0.0303. The van der Waals surface area contributed by atoms with Crippen molar-refractivity contribution in [1.29, 1.82) is 0 Å². The van der Waals surface area contributed by atoms with Crippen molar-refractivity contribution in [2.24, 2.45) is 5.73 Å². The molecule has 0 aliphatic carbocycles. The molecule has 0 aliphatic rings. The Morgan fingerprint density at radius 1 is 1.38 bits per heavy atom. The maximum absolute atomic E-state index is 11.6. The van der Waals surface area contributed by atoms with Crippen LogP contribution in [0.2, 0.25) is 0 Å². The van der Waals surface area contributed by atoms with E-state index < -0.39 is 0 Å². The van der Waals surface area contributed by atoms with Gasteiger partial charge in [-0.25, -0.2) is 0 Å². The summed E-state index contributed by atoms with van der Waals surface area (Å²) in [5, 5.41) is 2.83. The predicted octanol–water partition coefficient (Wildman–Crippen LogP) is 1.38. The fraction of sp³-hybridized carbons (Fsp3) is 0.308. The van der Waals surface area contributed by atoms with Crippen LogP contribution in [0.5, 0.6) is 0 Å². The summed E-state index contributed by atoms with van der Waals surface area (Å²) < 4.78 is 0. The third-order valence-electron chi connectivity index (χ3n) is 2.36. The van der Waals surface area contributed by atoms with Crippen LogP contribution in [0.15, 0.2) is 36.9 Å². The van der Waals surface area contributed by atoms with Crippen molar-refractivity contribution in [3.8, 4) is 0 Å². The summed E-state index contributed by atoms with van der Waals surface area (Å²) in [5.74, 6) is 0.0303. The van der Waals surface area contributed by atoms with E-state index in [0.29, 0.717) is 19.5 Å². The minimum Gasteiger partial charge on any atom is -0.356 e. The minimum atomic E-state index is 0.0303. The second-order valence-corrected chi connectivity index (χ2v) is 3.58.